The fourth-order valence-corrected chi connectivity index (χ4v) is 3.13. The molecule has 120 valence electrons. The molecule has 0 aliphatic rings. The van der Waals surface area contributed by atoms with Gasteiger partial charge in [0, 0.05) is 31.0 Å². The Hall–Kier alpha value is -0.980. The lowest BCUT2D eigenvalue weighted by atomic mass is 9.94. The van der Waals surface area contributed by atoms with Crippen LogP contribution in [-0.4, -0.2) is 52.5 Å². The number of benzene rings is 1. The van der Waals surface area contributed by atoms with Gasteiger partial charge in [0.1, 0.15) is 15.7 Å². The van der Waals surface area contributed by atoms with Crippen LogP contribution in [0.2, 0.25) is 0 Å². The van der Waals surface area contributed by atoms with Gasteiger partial charge in [0.15, 0.2) is 0 Å². The van der Waals surface area contributed by atoms with Crippen molar-refractivity contribution in [1.29, 1.82) is 0 Å². The minimum atomic E-state index is -2.96. The molecule has 0 bridgehead atoms. The van der Waals surface area contributed by atoms with Gasteiger partial charge in [0.2, 0.25) is 0 Å². The Morgan fingerprint density at radius 3 is 2.48 bits per heavy atom. The van der Waals surface area contributed by atoms with E-state index in [1.54, 1.807) is 12.1 Å². The third kappa shape index (κ3) is 6.11. The van der Waals surface area contributed by atoms with Crippen LogP contribution in [0.5, 0.6) is 0 Å². The summed E-state index contributed by atoms with van der Waals surface area (Å²) in [6.45, 7) is 3.21. The molecule has 0 heterocycles. The van der Waals surface area contributed by atoms with Crippen LogP contribution in [0, 0.1) is 11.7 Å². The van der Waals surface area contributed by atoms with Gasteiger partial charge in [-0.2, -0.15) is 0 Å². The van der Waals surface area contributed by atoms with E-state index in [9.17, 15) is 12.8 Å². The summed E-state index contributed by atoms with van der Waals surface area (Å²) < 4.78 is 36.3. The van der Waals surface area contributed by atoms with Gasteiger partial charge in [-0.1, -0.05) is 25.1 Å². The van der Waals surface area contributed by atoms with Crippen LogP contribution in [0.4, 0.5) is 4.39 Å². The van der Waals surface area contributed by atoms with Gasteiger partial charge in [0.25, 0.3) is 0 Å². The first-order valence-corrected chi connectivity index (χ1v) is 9.08. The number of hydrogen-bond donors (Lipinski definition) is 1. The van der Waals surface area contributed by atoms with Crippen molar-refractivity contribution in [2.45, 2.75) is 13.0 Å². The first kappa shape index (κ1) is 18.1. The van der Waals surface area contributed by atoms with Crippen molar-refractivity contribution in [2.75, 3.05) is 39.2 Å². The molecule has 0 aliphatic heterocycles. The molecule has 21 heavy (non-hydrogen) atoms. The second-order valence-electron chi connectivity index (χ2n) is 5.66. The maximum atomic E-state index is 13.9. The van der Waals surface area contributed by atoms with E-state index in [1.165, 1.54) is 12.3 Å². The normalized spacial score (nSPS) is 15.1. The Morgan fingerprint density at radius 2 is 1.95 bits per heavy atom. The van der Waals surface area contributed by atoms with Crippen LogP contribution in [-0.2, 0) is 9.84 Å². The lowest BCUT2D eigenvalue weighted by Gasteiger charge is -2.28. The average molecular weight is 316 g/mol. The summed E-state index contributed by atoms with van der Waals surface area (Å²) >= 11 is 0. The van der Waals surface area contributed by atoms with Gasteiger partial charge < -0.3 is 10.2 Å². The van der Waals surface area contributed by atoms with Crippen LogP contribution >= 0.6 is 0 Å². The molecular weight excluding hydrogens is 291 g/mol. The molecule has 0 amide bonds. The second-order valence-corrected chi connectivity index (χ2v) is 7.92. The molecule has 0 radical (unpaired) electrons. The topological polar surface area (TPSA) is 49.4 Å². The lowest BCUT2D eigenvalue weighted by molar-refractivity contribution is 0.259. The van der Waals surface area contributed by atoms with E-state index in [2.05, 4.69) is 5.32 Å². The number of sulfone groups is 1. The van der Waals surface area contributed by atoms with Crippen molar-refractivity contribution in [3.8, 4) is 0 Å². The molecule has 1 rings (SSSR count). The quantitative estimate of drug-likeness (QED) is 0.793. The monoisotopic (exact) mass is 316 g/mol. The van der Waals surface area contributed by atoms with Gasteiger partial charge >= 0.3 is 0 Å². The number of rotatable bonds is 8. The molecule has 0 fully saturated rings. The molecule has 1 aromatic rings. The second kappa shape index (κ2) is 7.87. The zero-order valence-electron chi connectivity index (χ0n) is 13.1. The van der Waals surface area contributed by atoms with Crippen LogP contribution in [0.15, 0.2) is 24.3 Å². The predicted molar refractivity (Wildman–Crippen MR) is 84.6 cm³/mol. The van der Waals surface area contributed by atoms with Crippen molar-refractivity contribution in [2.24, 2.45) is 5.92 Å². The van der Waals surface area contributed by atoms with Gasteiger partial charge in [-0.3, -0.25) is 0 Å². The number of hydrogen-bond acceptors (Lipinski definition) is 4. The van der Waals surface area contributed by atoms with E-state index < -0.39 is 9.84 Å². The molecule has 6 heteroatoms. The fourth-order valence-electron chi connectivity index (χ4n) is 2.48. The standard InChI is InChI=1S/C15H25FN2O2S/c1-12(11-18(3)9-10-21(4,19)20)15(17-2)13-7-5-6-8-14(13)16/h5-8,12,15,17H,9-11H2,1-4H3. The molecule has 1 N–H and O–H groups in total. The highest BCUT2D eigenvalue weighted by Crippen LogP contribution is 2.24. The van der Waals surface area contributed by atoms with E-state index in [0.29, 0.717) is 18.7 Å². The summed E-state index contributed by atoms with van der Waals surface area (Å²) in [7, 11) is 0.737. The average Bonchev–Trinajstić information content (AvgIpc) is 2.38. The van der Waals surface area contributed by atoms with Crippen LogP contribution in [0.3, 0.4) is 0 Å². The van der Waals surface area contributed by atoms with E-state index in [4.69, 9.17) is 0 Å². The van der Waals surface area contributed by atoms with Crippen molar-refractivity contribution < 1.29 is 12.8 Å². The molecule has 0 aliphatic carbocycles. The van der Waals surface area contributed by atoms with E-state index in [-0.39, 0.29) is 23.5 Å². The Bertz CT molecular complexity index is 548. The molecule has 2 atom stereocenters. The van der Waals surface area contributed by atoms with Crippen LogP contribution < -0.4 is 5.32 Å². The summed E-state index contributed by atoms with van der Waals surface area (Å²) in [6.07, 6.45) is 1.24. The molecule has 0 saturated heterocycles. The Kier molecular flexibility index (Phi) is 6.77. The summed E-state index contributed by atoms with van der Waals surface area (Å²) in [5.74, 6) is 0.0686. The van der Waals surface area contributed by atoms with Crippen LogP contribution in [0.25, 0.3) is 0 Å². The lowest BCUT2D eigenvalue weighted by Crippen LogP contribution is -2.35. The first-order valence-electron chi connectivity index (χ1n) is 7.02. The third-order valence-electron chi connectivity index (χ3n) is 3.56. The number of nitrogens with one attached hydrogen (secondary N) is 1. The molecule has 2 unspecified atom stereocenters. The zero-order valence-corrected chi connectivity index (χ0v) is 14.0. The fraction of sp³-hybridized carbons (Fsp3) is 0.600. The van der Waals surface area contributed by atoms with Gasteiger partial charge in [-0.15, -0.1) is 0 Å². The Balaban J connectivity index is 2.68. The van der Waals surface area contributed by atoms with Gasteiger partial charge in [0.05, 0.1) is 5.75 Å². The van der Waals surface area contributed by atoms with Crippen molar-refractivity contribution in [3.05, 3.63) is 35.6 Å². The molecular formula is C15H25FN2O2S. The Labute approximate surface area is 127 Å². The highest BCUT2D eigenvalue weighted by Gasteiger charge is 2.21. The van der Waals surface area contributed by atoms with Gasteiger partial charge in [-0.25, -0.2) is 12.8 Å². The summed E-state index contributed by atoms with van der Waals surface area (Å²) in [5.41, 5.74) is 0.643. The zero-order chi connectivity index (χ0) is 16.0. The third-order valence-corrected chi connectivity index (χ3v) is 4.49. The number of nitrogens with zero attached hydrogens (tertiary/aromatic N) is 1. The SMILES string of the molecule is CNC(c1ccccc1F)C(C)CN(C)CCS(C)(=O)=O. The van der Waals surface area contributed by atoms with Gasteiger partial charge in [-0.05, 0) is 26.1 Å². The van der Waals surface area contributed by atoms with Crippen LogP contribution in [0.1, 0.15) is 18.5 Å². The van der Waals surface area contributed by atoms with E-state index in [0.717, 1.165) is 0 Å². The minimum Gasteiger partial charge on any atom is -0.313 e. The highest BCUT2D eigenvalue weighted by atomic mass is 32.2. The van der Waals surface area contributed by atoms with Crippen molar-refractivity contribution >= 4 is 9.84 Å². The number of halogens is 1. The molecule has 0 aromatic heterocycles. The highest BCUT2D eigenvalue weighted by molar-refractivity contribution is 7.90. The first-order chi connectivity index (χ1) is 9.74. The summed E-state index contributed by atoms with van der Waals surface area (Å²) in [6, 6.07) is 6.63. The summed E-state index contributed by atoms with van der Waals surface area (Å²) in [4.78, 5) is 1.97. The summed E-state index contributed by atoms with van der Waals surface area (Å²) in [5, 5.41) is 3.15. The minimum absolute atomic E-state index is 0.105. The Morgan fingerprint density at radius 1 is 1.33 bits per heavy atom. The smallest absolute Gasteiger partial charge is 0.148 e. The van der Waals surface area contributed by atoms with Crippen molar-refractivity contribution in [1.82, 2.24) is 10.2 Å². The predicted octanol–water partition coefficient (Wildman–Crippen LogP) is 1.70. The maximum absolute atomic E-state index is 13.9. The van der Waals surface area contributed by atoms with Crippen molar-refractivity contribution in [3.63, 3.8) is 0 Å². The molecule has 0 spiro atoms. The molecule has 0 saturated carbocycles. The molecule has 1 aromatic carbocycles. The van der Waals surface area contributed by atoms with E-state index >= 15 is 0 Å². The van der Waals surface area contributed by atoms with E-state index in [1.807, 2.05) is 32.0 Å². The largest absolute Gasteiger partial charge is 0.313 e. The molecule has 4 nitrogen and oxygen atoms in total. The maximum Gasteiger partial charge on any atom is 0.148 e.